The quantitative estimate of drug-likeness (QED) is 0.880. The number of nitrogens with two attached hydrogens (primary N) is 1. The van der Waals surface area contributed by atoms with Gasteiger partial charge >= 0.3 is 0 Å². The molecule has 0 aromatic heterocycles. The van der Waals surface area contributed by atoms with Crippen molar-refractivity contribution in [3.63, 3.8) is 0 Å². The van der Waals surface area contributed by atoms with Crippen molar-refractivity contribution in [1.82, 2.24) is 5.32 Å². The predicted molar refractivity (Wildman–Crippen MR) is 73.6 cm³/mol. The van der Waals surface area contributed by atoms with E-state index >= 15 is 0 Å². The van der Waals surface area contributed by atoms with Gasteiger partial charge in [0.05, 0.1) is 0 Å². The first-order valence-corrected chi connectivity index (χ1v) is 6.57. The highest BCUT2D eigenvalue weighted by atomic mass is 35.5. The zero-order chi connectivity index (χ0) is 13.3. The maximum Gasteiger partial charge on any atom is 0.222 e. The lowest BCUT2D eigenvalue weighted by molar-refractivity contribution is -0.122. The summed E-state index contributed by atoms with van der Waals surface area (Å²) in [5, 5.41) is 3.76. The summed E-state index contributed by atoms with van der Waals surface area (Å²) >= 11 is 5.95. The minimum atomic E-state index is -0.454. The molecular weight excluding hydrogens is 248 g/mol. The largest absolute Gasteiger partial charge is 0.353 e. The van der Waals surface area contributed by atoms with Gasteiger partial charge in [-0.2, -0.15) is 0 Å². The third-order valence-corrected chi connectivity index (χ3v) is 3.26. The Labute approximate surface area is 113 Å². The van der Waals surface area contributed by atoms with Gasteiger partial charge in [0.2, 0.25) is 5.91 Å². The van der Waals surface area contributed by atoms with E-state index in [0.29, 0.717) is 12.3 Å². The van der Waals surface area contributed by atoms with Gasteiger partial charge in [-0.25, -0.2) is 0 Å². The van der Waals surface area contributed by atoms with Gasteiger partial charge in [-0.1, -0.05) is 23.7 Å². The molecule has 1 aliphatic carbocycles. The molecule has 0 bridgehead atoms. The topological polar surface area (TPSA) is 55.1 Å². The van der Waals surface area contributed by atoms with Crippen molar-refractivity contribution in [2.45, 2.75) is 44.2 Å². The lowest BCUT2D eigenvalue weighted by Crippen LogP contribution is -2.39. The molecule has 1 amide bonds. The van der Waals surface area contributed by atoms with Gasteiger partial charge in [0, 0.05) is 28.9 Å². The fourth-order valence-electron chi connectivity index (χ4n) is 2.13. The number of hydrogen-bond donors (Lipinski definition) is 2. The molecule has 1 saturated carbocycles. The van der Waals surface area contributed by atoms with Crippen molar-refractivity contribution in [1.29, 1.82) is 0 Å². The highest BCUT2D eigenvalue weighted by Gasteiger charge is 2.39. The Hall–Kier alpha value is -1.06. The van der Waals surface area contributed by atoms with Crippen LogP contribution in [0.4, 0.5) is 0 Å². The van der Waals surface area contributed by atoms with E-state index in [-0.39, 0.29) is 11.9 Å². The van der Waals surface area contributed by atoms with Crippen LogP contribution in [0.3, 0.4) is 0 Å². The van der Waals surface area contributed by atoms with Crippen molar-refractivity contribution in [2.75, 3.05) is 0 Å². The molecule has 0 saturated heterocycles. The molecule has 1 fully saturated rings. The average molecular weight is 267 g/mol. The molecule has 0 radical (unpaired) electrons. The Morgan fingerprint density at radius 2 is 2.28 bits per heavy atom. The maximum absolute atomic E-state index is 11.7. The van der Waals surface area contributed by atoms with Gasteiger partial charge < -0.3 is 11.1 Å². The molecule has 1 aliphatic rings. The van der Waals surface area contributed by atoms with Crippen LogP contribution in [0.2, 0.25) is 5.02 Å². The van der Waals surface area contributed by atoms with Gasteiger partial charge in [-0.3, -0.25) is 4.79 Å². The SMILES string of the molecule is CC(C)(N)CC(=O)N[C@@H]1C[C@H]1c1cccc(Cl)c1. The lowest BCUT2D eigenvalue weighted by atomic mass is 10.0. The van der Waals surface area contributed by atoms with Gasteiger partial charge in [0.15, 0.2) is 0 Å². The zero-order valence-electron chi connectivity index (χ0n) is 10.7. The molecule has 0 heterocycles. The predicted octanol–water partition coefficient (Wildman–Crippen LogP) is 2.44. The third-order valence-electron chi connectivity index (χ3n) is 3.03. The van der Waals surface area contributed by atoms with Gasteiger partial charge in [-0.15, -0.1) is 0 Å². The fraction of sp³-hybridized carbons (Fsp3) is 0.500. The smallest absolute Gasteiger partial charge is 0.222 e. The number of rotatable bonds is 4. The van der Waals surface area contributed by atoms with Crippen LogP contribution in [0, 0.1) is 0 Å². The van der Waals surface area contributed by atoms with E-state index in [4.69, 9.17) is 17.3 Å². The van der Waals surface area contributed by atoms with Crippen LogP contribution in [0.1, 0.15) is 38.2 Å². The number of amides is 1. The van der Waals surface area contributed by atoms with E-state index < -0.39 is 5.54 Å². The Kier molecular flexibility index (Phi) is 3.64. The Bertz CT molecular complexity index is 453. The number of hydrogen-bond acceptors (Lipinski definition) is 2. The van der Waals surface area contributed by atoms with Crippen molar-refractivity contribution >= 4 is 17.5 Å². The summed E-state index contributed by atoms with van der Waals surface area (Å²) in [5.41, 5.74) is 6.56. The highest BCUT2D eigenvalue weighted by Crippen LogP contribution is 2.41. The molecule has 4 heteroatoms. The first-order chi connectivity index (χ1) is 8.35. The molecule has 2 rings (SSSR count). The van der Waals surface area contributed by atoms with E-state index in [2.05, 4.69) is 11.4 Å². The summed E-state index contributed by atoms with van der Waals surface area (Å²) in [6, 6.07) is 8.05. The minimum absolute atomic E-state index is 0.0250. The lowest BCUT2D eigenvalue weighted by Gasteiger charge is -2.17. The standard InChI is InChI=1S/C14H19ClN2O/c1-14(2,16)8-13(18)17-12-7-11(12)9-4-3-5-10(15)6-9/h3-6,11-12H,7-8,16H2,1-2H3,(H,17,18)/t11-,12+/m0/s1. The Morgan fingerprint density at radius 3 is 2.89 bits per heavy atom. The molecular formula is C14H19ClN2O. The van der Waals surface area contributed by atoms with Crippen LogP contribution in [0.15, 0.2) is 24.3 Å². The Balaban J connectivity index is 1.87. The van der Waals surface area contributed by atoms with Crippen LogP contribution in [-0.2, 0) is 4.79 Å². The molecule has 0 unspecified atom stereocenters. The van der Waals surface area contributed by atoms with Gasteiger partial charge in [0.1, 0.15) is 0 Å². The molecule has 0 aliphatic heterocycles. The van der Waals surface area contributed by atoms with Crippen molar-refractivity contribution in [2.24, 2.45) is 5.73 Å². The average Bonchev–Trinajstić information content (AvgIpc) is 2.93. The number of nitrogens with one attached hydrogen (secondary N) is 1. The molecule has 1 aromatic carbocycles. The van der Waals surface area contributed by atoms with Crippen molar-refractivity contribution in [3.8, 4) is 0 Å². The van der Waals surface area contributed by atoms with Crippen molar-refractivity contribution in [3.05, 3.63) is 34.9 Å². The highest BCUT2D eigenvalue weighted by molar-refractivity contribution is 6.30. The van der Waals surface area contributed by atoms with Crippen LogP contribution < -0.4 is 11.1 Å². The van der Waals surface area contributed by atoms with Gasteiger partial charge in [0.25, 0.3) is 0 Å². The molecule has 3 nitrogen and oxygen atoms in total. The summed E-state index contributed by atoms with van der Waals surface area (Å²) in [4.78, 5) is 11.7. The summed E-state index contributed by atoms with van der Waals surface area (Å²) < 4.78 is 0. The molecule has 98 valence electrons. The van der Waals surface area contributed by atoms with E-state index in [9.17, 15) is 4.79 Å². The Morgan fingerprint density at radius 1 is 1.56 bits per heavy atom. The second-order valence-electron chi connectivity index (χ2n) is 5.74. The second-order valence-corrected chi connectivity index (χ2v) is 6.17. The first kappa shape index (κ1) is 13.4. The van der Waals surface area contributed by atoms with E-state index in [0.717, 1.165) is 11.4 Å². The summed E-state index contributed by atoms with van der Waals surface area (Å²) in [5.74, 6) is 0.422. The third kappa shape index (κ3) is 3.72. The summed E-state index contributed by atoms with van der Waals surface area (Å²) in [7, 11) is 0. The van der Waals surface area contributed by atoms with Crippen LogP contribution in [-0.4, -0.2) is 17.5 Å². The summed E-state index contributed by atoms with van der Waals surface area (Å²) in [6.45, 7) is 3.71. The second kappa shape index (κ2) is 4.90. The number of benzene rings is 1. The monoisotopic (exact) mass is 266 g/mol. The first-order valence-electron chi connectivity index (χ1n) is 6.19. The zero-order valence-corrected chi connectivity index (χ0v) is 11.5. The molecule has 18 heavy (non-hydrogen) atoms. The van der Waals surface area contributed by atoms with E-state index in [1.54, 1.807) is 0 Å². The molecule has 3 N–H and O–H groups in total. The van der Waals surface area contributed by atoms with Crippen molar-refractivity contribution < 1.29 is 4.79 Å². The number of carbonyl (C=O) groups is 1. The fourth-order valence-corrected chi connectivity index (χ4v) is 2.33. The van der Waals surface area contributed by atoms with Gasteiger partial charge in [-0.05, 0) is 38.0 Å². The maximum atomic E-state index is 11.7. The minimum Gasteiger partial charge on any atom is -0.353 e. The molecule has 2 atom stereocenters. The van der Waals surface area contributed by atoms with Crippen LogP contribution in [0.25, 0.3) is 0 Å². The normalized spacial score (nSPS) is 22.7. The van der Waals surface area contributed by atoms with E-state index in [1.807, 2.05) is 32.0 Å². The number of halogens is 1. The summed E-state index contributed by atoms with van der Waals surface area (Å²) in [6.07, 6.45) is 1.34. The van der Waals surface area contributed by atoms with Crippen LogP contribution in [0.5, 0.6) is 0 Å². The van der Waals surface area contributed by atoms with E-state index in [1.165, 1.54) is 5.56 Å². The molecule has 0 spiro atoms. The number of carbonyl (C=O) groups excluding carboxylic acids is 1. The van der Waals surface area contributed by atoms with Crippen LogP contribution >= 0.6 is 11.6 Å². The molecule has 1 aromatic rings.